The number of rotatable bonds is 2. The molecule has 0 fully saturated rings. The van der Waals surface area contributed by atoms with E-state index in [1.54, 1.807) is 6.20 Å². The van der Waals surface area contributed by atoms with Crippen molar-refractivity contribution in [2.24, 2.45) is 0 Å². The molecule has 0 N–H and O–H groups in total. The van der Waals surface area contributed by atoms with Gasteiger partial charge < -0.3 is 4.74 Å². The third-order valence-corrected chi connectivity index (χ3v) is 3.72. The summed E-state index contributed by atoms with van der Waals surface area (Å²) in [6.45, 7) is 0.501. The summed E-state index contributed by atoms with van der Waals surface area (Å²) in [6.07, 6.45) is 3.93. The standard InChI is InChI=1S/C19H15N2O/c1-2-8-16(9-3-1)21-13-15-7-6-10-17(19(15)22-14-21)18-11-4-5-12-20-18/h1-13H,14H2/q+1. The van der Waals surface area contributed by atoms with E-state index >= 15 is 0 Å². The fraction of sp³-hybridized carbons (Fsp3) is 0.0526. The van der Waals surface area contributed by atoms with Gasteiger partial charge >= 0.3 is 0 Å². The molecule has 1 aromatic heterocycles. The predicted molar refractivity (Wildman–Crippen MR) is 86.7 cm³/mol. The van der Waals surface area contributed by atoms with E-state index in [9.17, 15) is 0 Å². The van der Waals surface area contributed by atoms with Crippen LogP contribution in [0.4, 0.5) is 5.69 Å². The highest BCUT2D eigenvalue weighted by Gasteiger charge is 2.21. The minimum absolute atomic E-state index is 0.501. The SMILES string of the molecule is C1=[N+](c2ccccc2)COc2c1cccc2-c1ccccn1. The Balaban J connectivity index is 1.80. The van der Waals surface area contributed by atoms with Crippen molar-refractivity contribution in [1.29, 1.82) is 0 Å². The van der Waals surface area contributed by atoms with Gasteiger partial charge in [0.25, 0.3) is 6.73 Å². The Labute approximate surface area is 129 Å². The first-order chi connectivity index (χ1) is 10.9. The Morgan fingerprint density at radius 1 is 0.864 bits per heavy atom. The van der Waals surface area contributed by atoms with Gasteiger partial charge in [0, 0.05) is 23.9 Å². The second-order valence-electron chi connectivity index (χ2n) is 5.15. The number of pyridine rings is 1. The van der Waals surface area contributed by atoms with Crippen LogP contribution >= 0.6 is 0 Å². The van der Waals surface area contributed by atoms with E-state index in [-0.39, 0.29) is 0 Å². The second-order valence-corrected chi connectivity index (χ2v) is 5.15. The third-order valence-electron chi connectivity index (χ3n) is 3.72. The van der Waals surface area contributed by atoms with Gasteiger partial charge in [0.2, 0.25) is 5.69 Å². The lowest BCUT2D eigenvalue weighted by atomic mass is 10.1. The maximum Gasteiger partial charge on any atom is 0.292 e. The van der Waals surface area contributed by atoms with Crippen molar-refractivity contribution in [2.45, 2.75) is 0 Å². The van der Waals surface area contributed by atoms with Gasteiger partial charge in [-0.3, -0.25) is 4.98 Å². The summed E-state index contributed by atoms with van der Waals surface area (Å²) in [4.78, 5) is 4.43. The molecule has 0 radical (unpaired) electrons. The lowest BCUT2D eigenvalue weighted by Gasteiger charge is -2.16. The lowest BCUT2D eigenvalue weighted by molar-refractivity contribution is -0.476. The molecular formula is C19H15N2O+. The molecule has 3 heteroatoms. The van der Waals surface area contributed by atoms with Crippen LogP contribution in [-0.2, 0) is 0 Å². The molecule has 0 bridgehead atoms. The number of para-hydroxylation sites is 2. The van der Waals surface area contributed by atoms with E-state index < -0.39 is 0 Å². The lowest BCUT2D eigenvalue weighted by Crippen LogP contribution is -2.21. The molecule has 0 amide bonds. The van der Waals surface area contributed by atoms with Crippen LogP contribution in [0.25, 0.3) is 11.3 Å². The molecule has 0 saturated heterocycles. The molecule has 1 aliphatic rings. The molecule has 3 nitrogen and oxygen atoms in total. The molecule has 2 heterocycles. The van der Waals surface area contributed by atoms with Crippen LogP contribution in [0.3, 0.4) is 0 Å². The molecule has 0 saturated carbocycles. The Bertz CT molecular complexity index is 827. The zero-order valence-electron chi connectivity index (χ0n) is 12.0. The Morgan fingerprint density at radius 3 is 2.55 bits per heavy atom. The molecule has 1 aliphatic heterocycles. The topological polar surface area (TPSA) is 25.1 Å². The van der Waals surface area contributed by atoms with Crippen molar-refractivity contribution < 1.29 is 9.31 Å². The normalized spacial score (nSPS) is 13.0. The van der Waals surface area contributed by atoms with Crippen LogP contribution in [0.15, 0.2) is 72.9 Å². The molecule has 4 rings (SSSR count). The van der Waals surface area contributed by atoms with Crippen molar-refractivity contribution in [1.82, 2.24) is 4.98 Å². The van der Waals surface area contributed by atoms with Crippen molar-refractivity contribution in [3.05, 3.63) is 78.5 Å². The van der Waals surface area contributed by atoms with Crippen LogP contribution in [-0.4, -0.2) is 22.5 Å². The minimum Gasteiger partial charge on any atom is -0.434 e. The van der Waals surface area contributed by atoms with Crippen molar-refractivity contribution >= 4 is 11.9 Å². The molecule has 2 aromatic carbocycles. The molecule has 0 atom stereocenters. The highest BCUT2D eigenvalue weighted by Crippen LogP contribution is 2.33. The zero-order chi connectivity index (χ0) is 14.8. The highest BCUT2D eigenvalue weighted by molar-refractivity contribution is 5.86. The fourth-order valence-corrected chi connectivity index (χ4v) is 2.65. The van der Waals surface area contributed by atoms with Crippen LogP contribution < -0.4 is 4.74 Å². The molecule has 3 aromatic rings. The number of benzene rings is 2. The number of nitrogens with zero attached hydrogens (tertiary/aromatic N) is 2. The van der Waals surface area contributed by atoms with E-state index in [2.05, 4.69) is 34.0 Å². The van der Waals surface area contributed by atoms with Crippen molar-refractivity contribution in [3.8, 4) is 17.0 Å². The maximum atomic E-state index is 6.03. The van der Waals surface area contributed by atoms with Gasteiger partial charge in [-0.1, -0.05) is 30.3 Å². The van der Waals surface area contributed by atoms with E-state index in [0.717, 1.165) is 28.3 Å². The van der Waals surface area contributed by atoms with Gasteiger partial charge in [-0.2, -0.15) is 4.58 Å². The van der Waals surface area contributed by atoms with E-state index in [0.29, 0.717) is 6.73 Å². The monoisotopic (exact) mass is 287 g/mol. The van der Waals surface area contributed by atoms with Gasteiger partial charge in [-0.25, -0.2) is 0 Å². The molecule has 106 valence electrons. The fourth-order valence-electron chi connectivity index (χ4n) is 2.65. The van der Waals surface area contributed by atoms with E-state index in [1.165, 1.54) is 0 Å². The zero-order valence-corrected chi connectivity index (χ0v) is 12.0. The summed E-state index contributed by atoms with van der Waals surface area (Å²) in [5.41, 5.74) is 4.15. The molecule has 0 unspecified atom stereocenters. The molecule has 0 aliphatic carbocycles. The van der Waals surface area contributed by atoms with Gasteiger partial charge in [-0.05, 0) is 24.3 Å². The number of aromatic nitrogens is 1. The van der Waals surface area contributed by atoms with E-state index in [4.69, 9.17) is 4.74 Å². The molecule has 22 heavy (non-hydrogen) atoms. The van der Waals surface area contributed by atoms with Gasteiger partial charge in [-0.15, -0.1) is 0 Å². The Kier molecular flexibility index (Phi) is 3.16. The van der Waals surface area contributed by atoms with Crippen LogP contribution in [0.5, 0.6) is 5.75 Å². The van der Waals surface area contributed by atoms with Gasteiger partial charge in [0.15, 0.2) is 6.21 Å². The van der Waals surface area contributed by atoms with Gasteiger partial charge in [0.1, 0.15) is 5.75 Å². The van der Waals surface area contributed by atoms with Crippen molar-refractivity contribution in [3.63, 3.8) is 0 Å². The minimum atomic E-state index is 0.501. The van der Waals surface area contributed by atoms with Crippen molar-refractivity contribution in [2.75, 3.05) is 6.73 Å². The van der Waals surface area contributed by atoms with E-state index in [1.807, 2.05) is 48.5 Å². The Hall–Kier alpha value is -2.94. The summed E-state index contributed by atoms with van der Waals surface area (Å²) in [5, 5.41) is 0. The van der Waals surface area contributed by atoms with Crippen LogP contribution in [0.2, 0.25) is 0 Å². The smallest absolute Gasteiger partial charge is 0.292 e. The summed E-state index contributed by atoms with van der Waals surface area (Å²) in [7, 11) is 0. The van der Waals surface area contributed by atoms with Crippen LogP contribution in [0.1, 0.15) is 5.56 Å². The molecule has 0 spiro atoms. The highest BCUT2D eigenvalue weighted by atomic mass is 16.5. The number of ether oxygens (including phenoxy) is 1. The first-order valence-corrected chi connectivity index (χ1v) is 7.25. The Morgan fingerprint density at radius 2 is 1.73 bits per heavy atom. The summed E-state index contributed by atoms with van der Waals surface area (Å²) in [6, 6.07) is 22.3. The number of hydrogen-bond donors (Lipinski definition) is 0. The first-order valence-electron chi connectivity index (χ1n) is 7.25. The second kappa shape index (κ2) is 5.45. The predicted octanol–water partition coefficient (Wildman–Crippen LogP) is 3.86. The third kappa shape index (κ3) is 2.27. The maximum absolute atomic E-state index is 6.03. The summed E-state index contributed by atoms with van der Waals surface area (Å²) >= 11 is 0. The molecular weight excluding hydrogens is 272 g/mol. The average molecular weight is 287 g/mol. The summed E-state index contributed by atoms with van der Waals surface area (Å²) in [5.74, 6) is 0.897. The number of fused-ring (bicyclic) bond motifs is 1. The van der Waals surface area contributed by atoms with Gasteiger partial charge in [0.05, 0.1) is 11.3 Å². The quantitative estimate of drug-likeness (QED) is 0.669. The largest absolute Gasteiger partial charge is 0.434 e. The van der Waals surface area contributed by atoms with Crippen LogP contribution in [0, 0.1) is 0 Å². The first kappa shape index (κ1) is 12.8. The summed E-state index contributed by atoms with van der Waals surface area (Å²) < 4.78 is 8.13. The average Bonchev–Trinajstić information content (AvgIpc) is 2.62. The number of hydrogen-bond acceptors (Lipinski definition) is 2.